The molecule has 64 valence electrons. The maximum atomic E-state index is 9.56. The fraction of sp³-hybridized carbons (Fsp3) is 0.200. The lowest BCUT2D eigenvalue weighted by atomic mass is 10.1. The van der Waals surface area contributed by atoms with Gasteiger partial charge in [0.1, 0.15) is 11.9 Å². The molecule has 0 aliphatic heterocycles. The first-order valence-corrected chi connectivity index (χ1v) is 3.71. The van der Waals surface area contributed by atoms with Crippen molar-refractivity contribution in [2.45, 2.75) is 6.10 Å². The number of hydrogen-bond acceptors (Lipinski definition) is 2. The van der Waals surface area contributed by atoms with E-state index in [4.69, 9.17) is 4.74 Å². The van der Waals surface area contributed by atoms with E-state index < -0.39 is 6.10 Å². The van der Waals surface area contributed by atoms with Gasteiger partial charge in [0, 0.05) is 0 Å². The number of benzene rings is 1. The van der Waals surface area contributed by atoms with Crippen molar-refractivity contribution in [1.82, 2.24) is 0 Å². The van der Waals surface area contributed by atoms with Crippen molar-refractivity contribution in [2.24, 2.45) is 0 Å². The topological polar surface area (TPSA) is 29.5 Å². The summed E-state index contributed by atoms with van der Waals surface area (Å²) in [5.41, 5.74) is 0.796. The highest BCUT2D eigenvalue weighted by molar-refractivity contribution is 5.22. The van der Waals surface area contributed by atoms with Gasteiger partial charge in [-0.05, 0) is 5.56 Å². The Morgan fingerprint density at radius 2 is 2.00 bits per heavy atom. The highest BCUT2D eigenvalue weighted by Gasteiger charge is 2.10. The number of rotatable bonds is 3. The zero-order valence-corrected chi connectivity index (χ0v) is 7.03. The van der Waals surface area contributed by atoms with E-state index in [9.17, 15) is 5.11 Å². The van der Waals surface area contributed by atoms with Crippen LogP contribution in [0.4, 0.5) is 0 Å². The summed E-state index contributed by atoms with van der Waals surface area (Å²) in [5, 5.41) is 9.56. The molecule has 1 N–H and O–H groups in total. The van der Waals surface area contributed by atoms with Gasteiger partial charge in [0.05, 0.1) is 7.11 Å². The Labute approximate surface area is 72.1 Å². The van der Waals surface area contributed by atoms with Crippen molar-refractivity contribution in [3.8, 4) is 0 Å². The van der Waals surface area contributed by atoms with Crippen molar-refractivity contribution in [3.63, 3.8) is 0 Å². The second-order valence-electron chi connectivity index (χ2n) is 2.48. The fourth-order valence-electron chi connectivity index (χ4n) is 0.933. The first-order chi connectivity index (χ1) is 5.75. The summed E-state index contributed by atoms with van der Waals surface area (Å²) in [6, 6.07) is 9.28. The zero-order chi connectivity index (χ0) is 8.97. The third kappa shape index (κ3) is 1.86. The Hall–Kier alpha value is -1.28. The standard InChI is InChI=1S/C10H12O2/c1-8(12-2)10(11)9-6-4-3-5-7-9/h3-7,10-11H,1H2,2H3. The van der Waals surface area contributed by atoms with Gasteiger partial charge in [-0.25, -0.2) is 0 Å². The van der Waals surface area contributed by atoms with Crippen molar-refractivity contribution in [1.29, 1.82) is 0 Å². The maximum absolute atomic E-state index is 9.56. The first-order valence-electron chi connectivity index (χ1n) is 3.71. The molecule has 2 nitrogen and oxygen atoms in total. The number of methoxy groups -OCH3 is 1. The summed E-state index contributed by atoms with van der Waals surface area (Å²) in [5.74, 6) is 0.362. The summed E-state index contributed by atoms with van der Waals surface area (Å²) in [6.45, 7) is 3.58. The molecule has 1 aromatic carbocycles. The first kappa shape index (κ1) is 8.81. The van der Waals surface area contributed by atoms with Crippen LogP contribution >= 0.6 is 0 Å². The molecule has 0 heterocycles. The monoisotopic (exact) mass is 164 g/mol. The molecule has 0 fully saturated rings. The van der Waals surface area contributed by atoms with Crippen molar-refractivity contribution < 1.29 is 9.84 Å². The van der Waals surface area contributed by atoms with Crippen LogP contribution in [0.15, 0.2) is 42.7 Å². The van der Waals surface area contributed by atoms with Crippen LogP contribution in [0.25, 0.3) is 0 Å². The number of hydrogen-bond donors (Lipinski definition) is 1. The smallest absolute Gasteiger partial charge is 0.135 e. The molecule has 0 aliphatic rings. The van der Waals surface area contributed by atoms with Crippen molar-refractivity contribution in [2.75, 3.05) is 7.11 Å². The van der Waals surface area contributed by atoms with Gasteiger partial charge in [-0.15, -0.1) is 0 Å². The lowest BCUT2D eigenvalue weighted by molar-refractivity contribution is 0.130. The van der Waals surface area contributed by atoms with E-state index in [1.165, 1.54) is 7.11 Å². The molecule has 1 unspecified atom stereocenters. The predicted octanol–water partition coefficient (Wildman–Crippen LogP) is 1.88. The van der Waals surface area contributed by atoms with Crippen LogP contribution in [-0.4, -0.2) is 12.2 Å². The lowest BCUT2D eigenvalue weighted by Crippen LogP contribution is -2.01. The molecule has 1 rings (SSSR count). The summed E-state index contributed by atoms with van der Waals surface area (Å²) in [7, 11) is 1.49. The van der Waals surface area contributed by atoms with Gasteiger partial charge >= 0.3 is 0 Å². The van der Waals surface area contributed by atoms with Crippen LogP contribution in [-0.2, 0) is 4.74 Å². The Bertz CT molecular complexity index is 254. The molecule has 0 amide bonds. The van der Waals surface area contributed by atoms with Crippen LogP contribution < -0.4 is 0 Å². The van der Waals surface area contributed by atoms with E-state index in [1.54, 1.807) is 0 Å². The Balaban J connectivity index is 2.78. The second kappa shape index (κ2) is 3.93. The van der Waals surface area contributed by atoms with Crippen LogP contribution in [0.1, 0.15) is 11.7 Å². The summed E-state index contributed by atoms with van der Waals surface area (Å²) in [4.78, 5) is 0. The van der Waals surface area contributed by atoms with Gasteiger partial charge in [0.2, 0.25) is 0 Å². The van der Waals surface area contributed by atoms with Gasteiger partial charge in [0.25, 0.3) is 0 Å². The molecule has 0 radical (unpaired) electrons. The highest BCUT2D eigenvalue weighted by Crippen LogP contribution is 2.19. The van der Waals surface area contributed by atoms with Crippen LogP contribution in [0.5, 0.6) is 0 Å². The van der Waals surface area contributed by atoms with Gasteiger partial charge < -0.3 is 9.84 Å². The SMILES string of the molecule is C=C(OC)C(O)c1ccccc1. The van der Waals surface area contributed by atoms with Gasteiger partial charge in [-0.2, -0.15) is 0 Å². The Morgan fingerprint density at radius 1 is 1.42 bits per heavy atom. The molecule has 0 saturated heterocycles. The quantitative estimate of drug-likeness (QED) is 0.691. The second-order valence-corrected chi connectivity index (χ2v) is 2.48. The summed E-state index contributed by atoms with van der Waals surface area (Å²) >= 11 is 0. The van der Waals surface area contributed by atoms with E-state index in [1.807, 2.05) is 30.3 Å². The molecule has 0 saturated carbocycles. The number of aliphatic hydroxyl groups excluding tert-OH is 1. The minimum Gasteiger partial charge on any atom is -0.499 e. The summed E-state index contributed by atoms with van der Waals surface area (Å²) < 4.78 is 4.82. The Kier molecular flexibility index (Phi) is 2.88. The van der Waals surface area contributed by atoms with Crippen LogP contribution in [0.2, 0.25) is 0 Å². The summed E-state index contributed by atoms with van der Waals surface area (Å²) in [6.07, 6.45) is -0.726. The minimum absolute atomic E-state index is 0.362. The zero-order valence-electron chi connectivity index (χ0n) is 7.03. The Morgan fingerprint density at radius 3 is 2.50 bits per heavy atom. The average Bonchev–Trinajstić information content (AvgIpc) is 2.17. The van der Waals surface area contributed by atoms with E-state index in [2.05, 4.69) is 6.58 Å². The van der Waals surface area contributed by atoms with Crippen LogP contribution in [0.3, 0.4) is 0 Å². The minimum atomic E-state index is -0.726. The molecule has 0 bridgehead atoms. The molecular weight excluding hydrogens is 152 g/mol. The molecule has 1 atom stereocenters. The van der Waals surface area contributed by atoms with E-state index in [-0.39, 0.29) is 0 Å². The molecule has 0 spiro atoms. The molecular formula is C10H12O2. The largest absolute Gasteiger partial charge is 0.499 e. The van der Waals surface area contributed by atoms with Crippen LogP contribution in [0, 0.1) is 0 Å². The maximum Gasteiger partial charge on any atom is 0.135 e. The molecule has 2 heteroatoms. The van der Waals surface area contributed by atoms with Gasteiger partial charge in [-0.3, -0.25) is 0 Å². The molecule has 12 heavy (non-hydrogen) atoms. The molecule has 0 aromatic heterocycles. The third-order valence-corrected chi connectivity index (χ3v) is 1.68. The van der Waals surface area contributed by atoms with Gasteiger partial charge in [0.15, 0.2) is 0 Å². The van der Waals surface area contributed by atoms with Crippen molar-refractivity contribution >= 4 is 0 Å². The highest BCUT2D eigenvalue weighted by atomic mass is 16.5. The van der Waals surface area contributed by atoms with E-state index in [0.29, 0.717) is 5.76 Å². The van der Waals surface area contributed by atoms with Gasteiger partial charge in [-0.1, -0.05) is 36.9 Å². The van der Waals surface area contributed by atoms with Crippen molar-refractivity contribution in [3.05, 3.63) is 48.2 Å². The van der Waals surface area contributed by atoms with E-state index >= 15 is 0 Å². The predicted molar refractivity (Wildman–Crippen MR) is 47.6 cm³/mol. The molecule has 0 aliphatic carbocycles. The normalized spacial score (nSPS) is 12.2. The molecule has 1 aromatic rings. The fourth-order valence-corrected chi connectivity index (χ4v) is 0.933. The average molecular weight is 164 g/mol. The third-order valence-electron chi connectivity index (χ3n) is 1.68. The number of ether oxygens (including phenoxy) is 1. The lowest BCUT2D eigenvalue weighted by Gasteiger charge is -2.11. The van der Waals surface area contributed by atoms with E-state index in [0.717, 1.165) is 5.56 Å². The number of aliphatic hydroxyl groups is 1.